The normalized spacial score (nSPS) is 12.7. The predicted molar refractivity (Wildman–Crippen MR) is 87.6 cm³/mol. The zero-order valence-corrected chi connectivity index (χ0v) is 14.3. The van der Waals surface area contributed by atoms with Gasteiger partial charge in [-0.05, 0) is 31.5 Å². The van der Waals surface area contributed by atoms with Gasteiger partial charge in [0.2, 0.25) is 5.91 Å². The van der Waals surface area contributed by atoms with Crippen molar-refractivity contribution in [2.24, 2.45) is 5.92 Å². The van der Waals surface area contributed by atoms with Crippen molar-refractivity contribution in [3.05, 3.63) is 51.3 Å². The number of alkyl halides is 3. The van der Waals surface area contributed by atoms with Crippen molar-refractivity contribution >= 4 is 17.3 Å². The van der Waals surface area contributed by atoms with Gasteiger partial charge in [0.05, 0.1) is 17.4 Å². The first-order valence-corrected chi connectivity index (χ1v) is 7.66. The Bertz CT molecular complexity index is 846. The molecule has 0 aliphatic rings. The molecule has 26 heavy (non-hydrogen) atoms. The smallest absolute Gasteiger partial charge is 0.320 e. The lowest BCUT2D eigenvalue weighted by Crippen LogP contribution is -2.25. The summed E-state index contributed by atoms with van der Waals surface area (Å²) < 4.78 is 39.2. The average Bonchev–Trinajstić information content (AvgIpc) is 2.90. The summed E-state index contributed by atoms with van der Waals surface area (Å²) >= 11 is 0. The third-order valence-corrected chi connectivity index (χ3v) is 3.77. The van der Waals surface area contributed by atoms with Crippen molar-refractivity contribution in [2.75, 3.05) is 5.32 Å². The quantitative estimate of drug-likeness (QED) is 0.642. The Hall–Kier alpha value is -2.91. The van der Waals surface area contributed by atoms with E-state index in [4.69, 9.17) is 0 Å². The number of amides is 1. The summed E-state index contributed by atoms with van der Waals surface area (Å²) in [6.45, 7) is 4.55. The van der Waals surface area contributed by atoms with Gasteiger partial charge in [-0.15, -0.1) is 0 Å². The zero-order chi connectivity index (χ0) is 19.6. The molecular weight excluding hydrogens is 353 g/mol. The van der Waals surface area contributed by atoms with E-state index in [1.54, 1.807) is 13.0 Å². The molecule has 2 aromatic rings. The van der Waals surface area contributed by atoms with Crippen LogP contribution in [0.2, 0.25) is 0 Å². The number of rotatable bonds is 5. The molecule has 1 N–H and O–H groups in total. The lowest BCUT2D eigenvalue weighted by molar-refractivity contribution is -0.384. The summed E-state index contributed by atoms with van der Waals surface area (Å²) in [5.74, 6) is -1.31. The standard InChI is InChI=1S/C16H17F3N4O3/c1-9-4-5-12(13(6-9)23(25)26)20-15(24)10(2)8-22-11(3)7-14(21-22)16(17,18)19/h4-7,10H,8H2,1-3H3,(H,20,24). The van der Waals surface area contributed by atoms with Crippen LogP contribution in [-0.4, -0.2) is 20.6 Å². The summed E-state index contributed by atoms with van der Waals surface area (Å²) in [6, 6.07) is 5.25. The van der Waals surface area contributed by atoms with Crippen LogP contribution in [-0.2, 0) is 17.5 Å². The van der Waals surface area contributed by atoms with Crippen molar-refractivity contribution in [1.29, 1.82) is 0 Å². The zero-order valence-electron chi connectivity index (χ0n) is 14.3. The first kappa shape index (κ1) is 19.4. The number of hydrogen-bond acceptors (Lipinski definition) is 4. The Labute approximate surface area is 147 Å². The lowest BCUT2D eigenvalue weighted by Gasteiger charge is -2.14. The van der Waals surface area contributed by atoms with Crippen molar-refractivity contribution in [3.63, 3.8) is 0 Å². The van der Waals surface area contributed by atoms with Crippen LogP contribution in [0.15, 0.2) is 24.3 Å². The van der Waals surface area contributed by atoms with E-state index in [-0.39, 0.29) is 23.6 Å². The summed E-state index contributed by atoms with van der Waals surface area (Å²) in [5.41, 5.74) is -0.324. The number of hydrogen-bond donors (Lipinski definition) is 1. The third-order valence-electron chi connectivity index (χ3n) is 3.77. The summed E-state index contributed by atoms with van der Waals surface area (Å²) in [5, 5.41) is 17.0. The fourth-order valence-electron chi connectivity index (χ4n) is 2.33. The maximum Gasteiger partial charge on any atom is 0.435 e. The number of nitrogens with zero attached hydrogens (tertiary/aromatic N) is 3. The fourth-order valence-corrected chi connectivity index (χ4v) is 2.33. The number of aromatic nitrogens is 2. The van der Waals surface area contributed by atoms with Crippen LogP contribution in [0.5, 0.6) is 0 Å². The second-order valence-electron chi connectivity index (χ2n) is 6.02. The van der Waals surface area contributed by atoms with E-state index in [1.165, 1.54) is 26.0 Å². The molecular formula is C16H17F3N4O3. The highest BCUT2D eigenvalue weighted by molar-refractivity contribution is 5.94. The van der Waals surface area contributed by atoms with Crippen LogP contribution >= 0.6 is 0 Å². The third kappa shape index (κ3) is 4.38. The van der Waals surface area contributed by atoms with Crippen LogP contribution < -0.4 is 5.32 Å². The van der Waals surface area contributed by atoms with Gasteiger partial charge in [0.25, 0.3) is 5.69 Å². The second kappa shape index (κ2) is 7.14. The number of carbonyl (C=O) groups is 1. The first-order chi connectivity index (χ1) is 12.0. The van der Waals surface area contributed by atoms with Crippen LogP contribution in [0.4, 0.5) is 24.5 Å². The molecule has 1 amide bonds. The Morgan fingerprint density at radius 1 is 1.35 bits per heavy atom. The van der Waals surface area contributed by atoms with E-state index in [2.05, 4.69) is 10.4 Å². The van der Waals surface area contributed by atoms with Crippen LogP contribution in [0.3, 0.4) is 0 Å². The van der Waals surface area contributed by atoms with Crippen LogP contribution in [0, 0.1) is 29.9 Å². The molecule has 0 spiro atoms. The van der Waals surface area contributed by atoms with Crippen molar-refractivity contribution in [1.82, 2.24) is 9.78 Å². The number of nitro benzene ring substituents is 1. The first-order valence-electron chi connectivity index (χ1n) is 7.66. The minimum atomic E-state index is -4.57. The summed E-state index contributed by atoms with van der Waals surface area (Å²) in [7, 11) is 0. The molecule has 0 radical (unpaired) electrons. The largest absolute Gasteiger partial charge is 0.435 e. The number of nitro groups is 1. The Morgan fingerprint density at radius 2 is 2.00 bits per heavy atom. The van der Waals surface area contributed by atoms with Crippen molar-refractivity contribution in [2.45, 2.75) is 33.5 Å². The molecule has 0 saturated heterocycles. The maximum atomic E-state index is 12.7. The van der Waals surface area contributed by atoms with E-state index in [0.29, 0.717) is 5.56 Å². The topological polar surface area (TPSA) is 90.1 Å². The van der Waals surface area contributed by atoms with E-state index < -0.39 is 28.6 Å². The molecule has 1 aromatic carbocycles. The number of benzene rings is 1. The number of aryl methyl sites for hydroxylation is 2. The molecule has 1 aromatic heterocycles. The summed E-state index contributed by atoms with van der Waals surface area (Å²) in [6.07, 6.45) is -4.57. The molecule has 140 valence electrons. The molecule has 7 nitrogen and oxygen atoms in total. The number of nitrogens with one attached hydrogen (secondary N) is 1. The number of anilines is 1. The Balaban J connectivity index is 2.14. The van der Waals surface area contributed by atoms with E-state index >= 15 is 0 Å². The molecule has 1 heterocycles. The molecule has 0 saturated carbocycles. The van der Waals surface area contributed by atoms with Gasteiger partial charge in [-0.1, -0.05) is 13.0 Å². The van der Waals surface area contributed by atoms with Gasteiger partial charge in [-0.3, -0.25) is 19.6 Å². The number of halogens is 3. The molecule has 0 fully saturated rings. The van der Waals surface area contributed by atoms with Crippen LogP contribution in [0.25, 0.3) is 0 Å². The molecule has 2 rings (SSSR count). The lowest BCUT2D eigenvalue weighted by atomic mass is 10.1. The predicted octanol–water partition coefficient (Wildman–Crippen LogP) is 3.70. The minimum Gasteiger partial charge on any atom is -0.320 e. The van der Waals surface area contributed by atoms with Gasteiger partial charge in [0, 0.05) is 11.8 Å². The highest BCUT2D eigenvalue weighted by Gasteiger charge is 2.34. The second-order valence-corrected chi connectivity index (χ2v) is 6.02. The van der Waals surface area contributed by atoms with Gasteiger partial charge in [-0.25, -0.2) is 0 Å². The van der Waals surface area contributed by atoms with Crippen molar-refractivity contribution in [3.8, 4) is 0 Å². The van der Waals surface area contributed by atoms with E-state index in [9.17, 15) is 28.1 Å². The molecule has 10 heteroatoms. The Kier molecular flexibility index (Phi) is 5.33. The molecule has 0 aliphatic heterocycles. The highest BCUT2D eigenvalue weighted by Crippen LogP contribution is 2.29. The minimum absolute atomic E-state index is 0.0330. The monoisotopic (exact) mass is 370 g/mol. The fraction of sp³-hybridized carbons (Fsp3) is 0.375. The van der Waals surface area contributed by atoms with E-state index in [0.717, 1.165) is 10.7 Å². The summed E-state index contributed by atoms with van der Waals surface area (Å²) in [4.78, 5) is 22.8. The van der Waals surface area contributed by atoms with Crippen molar-refractivity contribution < 1.29 is 22.9 Å². The van der Waals surface area contributed by atoms with Gasteiger partial charge in [0.1, 0.15) is 5.69 Å². The maximum absolute atomic E-state index is 12.7. The Morgan fingerprint density at radius 3 is 2.54 bits per heavy atom. The molecule has 0 aliphatic carbocycles. The van der Waals surface area contributed by atoms with Gasteiger partial charge >= 0.3 is 6.18 Å². The van der Waals surface area contributed by atoms with Gasteiger partial charge < -0.3 is 5.32 Å². The molecule has 0 bridgehead atoms. The van der Waals surface area contributed by atoms with Gasteiger partial charge in [0.15, 0.2) is 5.69 Å². The highest BCUT2D eigenvalue weighted by atomic mass is 19.4. The average molecular weight is 370 g/mol. The molecule has 1 atom stereocenters. The molecule has 1 unspecified atom stereocenters. The van der Waals surface area contributed by atoms with E-state index in [1.807, 2.05) is 0 Å². The van der Waals surface area contributed by atoms with Gasteiger partial charge in [-0.2, -0.15) is 18.3 Å². The SMILES string of the molecule is Cc1ccc(NC(=O)C(C)Cn2nc(C(F)(F)F)cc2C)c([N+](=O)[O-])c1. The number of carbonyl (C=O) groups excluding carboxylic acids is 1. The van der Waals surface area contributed by atoms with Crippen LogP contribution in [0.1, 0.15) is 23.9 Å².